The zero-order chi connectivity index (χ0) is 13.1. The smallest absolute Gasteiger partial charge is 0.237 e. The van der Waals surface area contributed by atoms with Gasteiger partial charge in [0.25, 0.3) is 0 Å². The molecule has 0 bridgehead atoms. The molecule has 0 saturated carbocycles. The van der Waals surface area contributed by atoms with Crippen LogP contribution in [0.2, 0.25) is 5.02 Å². The number of aromatic nitrogens is 2. The summed E-state index contributed by atoms with van der Waals surface area (Å²) >= 11 is 7.46. The van der Waals surface area contributed by atoms with E-state index in [0.29, 0.717) is 22.4 Å². The molecule has 2 N–H and O–H groups in total. The second kappa shape index (κ2) is 5.63. The van der Waals surface area contributed by atoms with Crippen molar-refractivity contribution in [3.63, 3.8) is 0 Å². The summed E-state index contributed by atoms with van der Waals surface area (Å²) < 4.78 is 5.16. The fraction of sp³-hybridized carbons (Fsp3) is 0.333. The van der Waals surface area contributed by atoms with Crippen LogP contribution in [0.25, 0.3) is 0 Å². The lowest BCUT2D eigenvalue weighted by atomic mass is 10.2. The van der Waals surface area contributed by atoms with Gasteiger partial charge in [0, 0.05) is 21.5 Å². The van der Waals surface area contributed by atoms with Crippen LogP contribution in [-0.2, 0) is 5.75 Å². The van der Waals surface area contributed by atoms with E-state index in [2.05, 4.69) is 10.1 Å². The summed E-state index contributed by atoms with van der Waals surface area (Å²) in [6, 6.07) is 5.39. The normalized spacial score (nSPS) is 11.1. The van der Waals surface area contributed by atoms with Crippen LogP contribution in [0.5, 0.6) is 0 Å². The first-order valence-corrected chi connectivity index (χ1v) is 6.93. The predicted molar refractivity (Wildman–Crippen MR) is 73.8 cm³/mol. The van der Waals surface area contributed by atoms with Crippen molar-refractivity contribution in [3.8, 4) is 0 Å². The zero-order valence-corrected chi connectivity index (χ0v) is 11.8. The summed E-state index contributed by atoms with van der Waals surface area (Å²) in [4.78, 5) is 5.23. The molecule has 96 valence electrons. The Labute approximate surface area is 115 Å². The predicted octanol–water partition coefficient (Wildman–Crippen LogP) is 3.72. The van der Waals surface area contributed by atoms with Gasteiger partial charge >= 0.3 is 0 Å². The molecule has 0 aliphatic carbocycles. The van der Waals surface area contributed by atoms with Crippen molar-refractivity contribution in [1.82, 2.24) is 10.1 Å². The Bertz CT molecular complexity index is 542. The number of benzene rings is 1. The topological polar surface area (TPSA) is 64.9 Å². The van der Waals surface area contributed by atoms with Crippen LogP contribution >= 0.6 is 23.4 Å². The standard InChI is InChI=1S/C12H14ClN3OS/c1-7(2)12-15-11(17-16-12)6-18-10-5-8(13)3-4-9(10)14/h3-5,7H,6,14H2,1-2H3. The molecule has 0 atom stereocenters. The number of hydrogen-bond acceptors (Lipinski definition) is 5. The van der Waals surface area contributed by atoms with Gasteiger partial charge in [-0.25, -0.2) is 0 Å². The molecule has 0 spiro atoms. The maximum absolute atomic E-state index is 5.92. The van der Waals surface area contributed by atoms with E-state index in [9.17, 15) is 0 Å². The summed E-state index contributed by atoms with van der Waals surface area (Å²) in [6.07, 6.45) is 0. The molecule has 2 aromatic rings. The summed E-state index contributed by atoms with van der Waals surface area (Å²) in [5.74, 6) is 2.18. The Kier molecular flexibility index (Phi) is 4.14. The molecule has 6 heteroatoms. The van der Waals surface area contributed by atoms with Gasteiger partial charge in [-0.2, -0.15) is 4.98 Å². The zero-order valence-electron chi connectivity index (χ0n) is 10.2. The van der Waals surface area contributed by atoms with Gasteiger partial charge in [0.05, 0.1) is 5.75 Å². The van der Waals surface area contributed by atoms with Crippen LogP contribution in [-0.4, -0.2) is 10.1 Å². The minimum Gasteiger partial charge on any atom is -0.398 e. The molecule has 0 amide bonds. The van der Waals surface area contributed by atoms with Crippen molar-refractivity contribution in [2.75, 3.05) is 5.73 Å². The van der Waals surface area contributed by atoms with E-state index in [1.54, 1.807) is 12.1 Å². The molecule has 4 nitrogen and oxygen atoms in total. The van der Waals surface area contributed by atoms with Gasteiger partial charge < -0.3 is 10.3 Å². The van der Waals surface area contributed by atoms with Gasteiger partial charge in [-0.3, -0.25) is 0 Å². The first kappa shape index (κ1) is 13.2. The van der Waals surface area contributed by atoms with Gasteiger partial charge in [-0.1, -0.05) is 30.6 Å². The number of halogens is 1. The molecule has 2 rings (SSSR count). The van der Waals surface area contributed by atoms with Crippen LogP contribution in [0.15, 0.2) is 27.6 Å². The van der Waals surface area contributed by atoms with Gasteiger partial charge in [0.2, 0.25) is 5.89 Å². The van der Waals surface area contributed by atoms with Crippen molar-refractivity contribution in [1.29, 1.82) is 0 Å². The number of hydrogen-bond donors (Lipinski definition) is 1. The Morgan fingerprint density at radius 3 is 2.89 bits per heavy atom. The summed E-state index contributed by atoms with van der Waals surface area (Å²) in [5, 5.41) is 4.58. The fourth-order valence-corrected chi connectivity index (χ4v) is 2.41. The first-order chi connectivity index (χ1) is 8.56. The molecule has 1 aromatic heterocycles. The van der Waals surface area contributed by atoms with E-state index >= 15 is 0 Å². The van der Waals surface area contributed by atoms with E-state index in [4.69, 9.17) is 21.9 Å². The van der Waals surface area contributed by atoms with Gasteiger partial charge in [0.15, 0.2) is 5.82 Å². The molecule has 18 heavy (non-hydrogen) atoms. The summed E-state index contributed by atoms with van der Waals surface area (Å²) in [5.41, 5.74) is 6.56. The SMILES string of the molecule is CC(C)c1noc(CSc2cc(Cl)ccc2N)n1. The van der Waals surface area contributed by atoms with Crippen LogP contribution in [0.1, 0.15) is 31.5 Å². The van der Waals surface area contributed by atoms with Crippen LogP contribution in [0.3, 0.4) is 0 Å². The first-order valence-electron chi connectivity index (χ1n) is 5.56. The molecule has 0 fully saturated rings. The highest BCUT2D eigenvalue weighted by Gasteiger charge is 2.10. The third-order valence-electron chi connectivity index (χ3n) is 2.33. The number of nitrogen functional groups attached to an aromatic ring is 1. The van der Waals surface area contributed by atoms with Gasteiger partial charge in [0.1, 0.15) is 0 Å². The second-order valence-electron chi connectivity index (χ2n) is 4.17. The minimum absolute atomic E-state index is 0.267. The average molecular weight is 284 g/mol. The molecule has 1 aromatic carbocycles. The highest BCUT2D eigenvalue weighted by molar-refractivity contribution is 7.98. The number of anilines is 1. The van der Waals surface area contributed by atoms with E-state index in [-0.39, 0.29) is 5.92 Å². The molecule has 0 saturated heterocycles. The van der Waals surface area contributed by atoms with Crippen LogP contribution < -0.4 is 5.73 Å². The maximum Gasteiger partial charge on any atom is 0.237 e. The fourth-order valence-electron chi connectivity index (χ4n) is 1.33. The van der Waals surface area contributed by atoms with E-state index in [0.717, 1.165) is 10.7 Å². The van der Waals surface area contributed by atoms with Crippen molar-refractivity contribution in [2.24, 2.45) is 0 Å². The molecular formula is C12H14ClN3OS. The third kappa shape index (κ3) is 3.17. The Morgan fingerprint density at radius 2 is 2.22 bits per heavy atom. The highest BCUT2D eigenvalue weighted by Crippen LogP contribution is 2.30. The van der Waals surface area contributed by atoms with Crippen molar-refractivity contribution >= 4 is 29.1 Å². The monoisotopic (exact) mass is 283 g/mol. The number of rotatable bonds is 4. The Morgan fingerprint density at radius 1 is 1.44 bits per heavy atom. The average Bonchev–Trinajstić information content (AvgIpc) is 2.79. The number of nitrogens with two attached hydrogens (primary N) is 1. The lowest BCUT2D eigenvalue weighted by Crippen LogP contribution is -1.91. The van der Waals surface area contributed by atoms with Crippen molar-refractivity contribution in [2.45, 2.75) is 30.4 Å². The Hall–Kier alpha value is -1.20. The van der Waals surface area contributed by atoms with Crippen LogP contribution in [0.4, 0.5) is 5.69 Å². The number of nitrogens with zero attached hydrogens (tertiary/aromatic N) is 2. The molecule has 0 unspecified atom stereocenters. The summed E-state index contributed by atoms with van der Waals surface area (Å²) in [7, 11) is 0. The van der Waals surface area contributed by atoms with E-state index in [1.165, 1.54) is 11.8 Å². The molecule has 0 aliphatic heterocycles. The quantitative estimate of drug-likeness (QED) is 0.684. The van der Waals surface area contributed by atoms with Crippen LogP contribution in [0, 0.1) is 0 Å². The summed E-state index contributed by atoms with van der Waals surface area (Å²) in [6.45, 7) is 4.05. The molecular weight excluding hydrogens is 270 g/mol. The lowest BCUT2D eigenvalue weighted by Gasteiger charge is -2.03. The van der Waals surface area contributed by atoms with E-state index in [1.807, 2.05) is 19.9 Å². The number of thioether (sulfide) groups is 1. The maximum atomic E-state index is 5.92. The molecule has 1 heterocycles. The van der Waals surface area contributed by atoms with Gasteiger partial charge in [-0.15, -0.1) is 11.8 Å². The highest BCUT2D eigenvalue weighted by atomic mass is 35.5. The van der Waals surface area contributed by atoms with Gasteiger partial charge in [-0.05, 0) is 18.2 Å². The van der Waals surface area contributed by atoms with Crippen molar-refractivity contribution in [3.05, 3.63) is 34.9 Å². The molecule has 0 radical (unpaired) electrons. The Balaban J connectivity index is 2.04. The largest absolute Gasteiger partial charge is 0.398 e. The minimum atomic E-state index is 0.267. The van der Waals surface area contributed by atoms with Crippen molar-refractivity contribution < 1.29 is 4.52 Å². The van der Waals surface area contributed by atoms with E-state index < -0.39 is 0 Å². The lowest BCUT2D eigenvalue weighted by molar-refractivity contribution is 0.383. The molecule has 0 aliphatic rings. The second-order valence-corrected chi connectivity index (χ2v) is 5.63. The third-order valence-corrected chi connectivity index (χ3v) is 3.62.